The van der Waals surface area contributed by atoms with E-state index in [1.165, 1.54) is 12.1 Å². The SMILES string of the molecule is O=C(Nc1ccc(Br)c(C(F)(F)F)c1)c1cccc(Br)c1. The van der Waals surface area contributed by atoms with Gasteiger partial charge < -0.3 is 5.32 Å². The van der Waals surface area contributed by atoms with Gasteiger partial charge in [-0.15, -0.1) is 0 Å². The van der Waals surface area contributed by atoms with Crippen molar-refractivity contribution in [2.75, 3.05) is 5.32 Å². The maximum absolute atomic E-state index is 12.8. The van der Waals surface area contributed by atoms with Gasteiger partial charge in [0.1, 0.15) is 0 Å². The molecule has 0 bridgehead atoms. The van der Waals surface area contributed by atoms with Gasteiger partial charge in [0.2, 0.25) is 0 Å². The van der Waals surface area contributed by atoms with Crippen LogP contribution in [0.3, 0.4) is 0 Å². The van der Waals surface area contributed by atoms with Crippen molar-refractivity contribution in [3.05, 3.63) is 62.5 Å². The fourth-order valence-electron chi connectivity index (χ4n) is 1.65. The van der Waals surface area contributed by atoms with Crippen LogP contribution in [0.1, 0.15) is 15.9 Å². The number of halogens is 5. The van der Waals surface area contributed by atoms with Crippen LogP contribution in [-0.2, 0) is 6.18 Å². The molecule has 0 saturated heterocycles. The molecular weight excluding hydrogens is 415 g/mol. The summed E-state index contributed by atoms with van der Waals surface area (Å²) in [7, 11) is 0. The number of rotatable bonds is 2. The number of nitrogens with one attached hydrogen (secondary N) is 1. The average molecular weight is 423 g/mol. The summed E-state index contributed by atoms with van der Waals surface area (Å²) in [6, 6.07) is 10.1. The zero-order chi connectivity index (χ0) is 15.6. The summed E-state index contributed by atoms with van der Waals surface area (Å²) < 4.78 is 39.0. The van der Waals surface area contributed by atoms with Crippen LogP contribution >= 0.6 is 31.9 Å². The first kappa shape index (κ1) is 16.0. The largest absolute Gasteiger partial charge is 0.417 e. The van der Waals surface area contributed by atoms with Gasteiger partial charge in [0, 0.05) is 20.2 Å². The zero-order valence-electron chi connectivity index (χ0n) is 10.3. The van der Waals surface area contributed by atoms with Gasteiger partial charge in [-0.2, -0.15) is 13.2 Å². The van der Waals surface area contributed by atoms with E-state index < -0.39 is 17.6 Å². The number of alkyl halides is 3. The predicted molar refractivity (Wildman–Crippen MR) is 81.2 cm³/mol. The Labute approximate surface area is 135 Å². The molecule has 0 heterocycles. The Balaban J connectivity index is 2.26. The Morgan fingerprint density at radius 3 is 2.38 bits per heavy atom. The van der Waals surface area contributed by atoms with Crippen molar-refractivity contribution < 1.29 is 18.0 Å². The molecule has 2 aromatic carbocycles. The summed E-state index contributed by atoms with van der Waals surface area (Å²) in [5, 5.41) is 2.44. The number of anilines is 1. The molecule has 0 fully saturated rings. The zero-order valence-corrected chi connectivity index (χ0v) is 13.5. The summed E-state index contributed by atoms with van der Waals surface area (Å²) in [5.74, 6) is -0.480. The van der Waals surface area contributed by atoms with Crippen molar-refractivity contribution in [3.63, 3.8) is 0 Å². The Kier molecular flexibility index (Phi) is 4.73. The quantitative estimate of drug-likeness (QED) is 0.681. The molecule has 1 amide bonds. The fraction of sp³-hybridized carbons (Fsp3) is 0.0714. The van der Waals surface area contributed by atoms with E-state index in [0.717, 1.165) is 6.07 Å². The van der Waals surface area contributed by atoms with E-state index in [0.29, 0.717) is 10.0 Å². The maximum Gasteiger partial charge on any atom is 0.417 e. The normalized spacial score (nSPS) is 11.3. The van der Waals surface area contributed by atoms with E-state index in [9.17, 15) is 18.0 Å². The average Bonchev–Trinajstić information content (AvgIpc) is 2.39. The molecule has 7 heteroatoms. The summed E-state index contributed by atoms with van der Waals surface area (Å²) in [6.45, 7) is 0. The molecule has 0 spiro atoms. The summed E-state index contributed by atoms with van der Waals surface area (Å²) >= 11 is 6.08. The summed E-state index contributed by atoms with van der Waals surface area (Å²) in [5.41, 5.74) is -0.411. The summed E-state index contributed by atoms with van der Waals surface area (Å²) in [6.07, 6.45) is -4.49. The highest BCUT2D eigenvalue weighted by Gasteiger charge is 2.33. The van der Waals surface area contributed by atoms with Crippen molar-refractivity contribution in [1.82, 2.24) is 0 Å². The smallest absolute Gasteiger partial charge is 0.322 e. The first-order valence-electron chi connectivity index (χ1n) is 5.71. The van der Waals surface area contributed by atoms with E-state index in [2.05, 4.69) is 37.2 Å². The first-order chi connectivity index (χ1) is 9.77. The number of amides is 1. The van der Waals surface area contributed by atoms with Gasteiger partial charge in [-0.1, -0.05) is 37.9 Å². The predicted octanol–water partition coefficient (Wildman–Crippen LogP) is 5.48. The lowest BCUT2D eigenvalue weighted by Crippen LogP contribution is -2.13. The van der Waals surface area contributed by atoms with Gasteiger partial charge in [0.15, 0.2) is 0 Å². The Hall–Kier alpha value is -1.34. The van der Waals surface area contributed by atoms with Crippen LogP contribution in [-0.4, -0.2) is 5.91 Å². The van der Waals surface area contributed by atoms with E-state index in [1.807, 2.05) is 0 Å². The third kappa shape index (κ3) is 4.07. The third-order valence-corrected chi connectivity index (χ3v) is 3.80. The molecule has 21 heavy (non-hydrogen) atoms. The Morgan fingerprint density at radius 1 is 1.05 bits per heavy atom. The molecule has 0 aliphatic rings. The topological polar surface area (TPSA) is 29.1 Å². The molecular formula is C14H8Br2F3NO. The highest BCUT2D eigenvalue weighted by Crippen LogP contribution is 2.36. The number of hydrogen-bond donors (Lipinski definition) is 1. The van der Waals surface area contributed by atoms with Crippen molar-refractivity contribution in [3.8, 4) is 0 Å². The van der Waals surface area contributed by atoms with Gasteiger partial charge in [0.25, 0.3) is 5.91 Å². The number of carbonyl (C=O) groups is 1. The highest BCUT2D eigenvalue weighted by atomic mass is 79.9. The Morgan fingerprint density at radius 2 is 1.76 bits per heavy atom. The van der Waals surface area contributed by atoms with Crippen molar-refractivity contribution in [2.45, 2.75) is 6.18 Å². The van der Waals surface area contributed by atoms with E-state index in [4.69, 9.17) is 0 Å². The molecule has 2 nitrogen and oxygen atoms in total. The van der Waals surface area contributed by atoms with Crippen LogP contribution in [0.2, 0.25) is 0 Å². The van der Waals surface area contributed by atoms with Crippen LogP contribution in [0.5, 0.6) is 0 Å². The van der Waals surface area contributed by atoms with Crippen LogP contribution in [0.4, 0.5) is 18.9 Å². The molecule has 0 saturated carbocycles. The van der Waals surface area contributed by atoms with Gasteiger partial charge >= 0.3 is 6.18 Å². The Bertz CT molecular complexity index is 686. The highest BCUT2D eigenvalue weighted by molar-refractivity contribution is 9.10. The molecule has 0 unspecified atom stereocenters. The molecule has 2 aromatic rings. The van der Waals surface area contributed by atoms with Gasteiger partial charge in [-0.25, -0.2) is 0 Å². The molecule has 0 atom stereocenters. The second-order valence-corrected chi connectivity index (χ2v) is 5.93. The fourth-order valence-corrected chi connectivity index (χ4v) is 2.52. The lowest BCUT2D eigenvalue weighted by Gasteiger charge is -2.12. The molecule has 110 valence electrons. The van der Waals surface area contributed by atoms with Crippen LogP contribution < -0.4 is 5.32 Å². The second kappa shape index (κ2) is 6.19. The molecule has 2 rings (SSSR count). The van der Waals surface area contributed by atoms with E-state index in [1.54, 1.807) is 24.3 Å². The van der Waals surface area contributed by atoms with Crippen LogP contribution in [0, 0.1) is 0 Å². The number of benzene rings is 2. The van der Waals surface area contributed by atoms with Crippen molar-refractivity contribution >= 4 is 43.5 Å². The lowest BCUT2D eigenvalue weighted by molar-refractivity contribution is -0.138. The minimum absolute atomic E-state index is 0.0737. The van der Waals surface area contributed by atoms with Crippen molar-refractivity contribution in [2.24, 2.45) is 0 Å². The first-order valence-corrected chi connectivity index (χ1v) is 7.29. The van der Waals surface area contributed by atoms with Crippen LogP contribution in [0.25, 0.3) is 0 Å². The van der Waals surface area contributed by atoms with Gasteiger partial charge in [-0.05, 0) is 36.4 Å². The molecule has 1 N–H and O–H groups in total. The van der Waals surface area contributed by atoms with Crippen molar-refractivity contribution in [1.29, 1.82) is 0 Å². The standard InChI is InChI=1S/C14H8Br2F3NO/c15-9-3-1-2-8(6-9)13(21)20-10-4-5-12(16)11(7-10)14(17,18)19/h1-7H,(H,20,21). The maximum atomic E-state index is 12.8. The summed E-state index contributed by atoms with van der Waals surface area (Å²) in [4.78, 5) is 12.0. The monoisotopic (exact) mass is 421 g/mol. The van der Waals surface area contributed by atoms with E-state index in [-0.39, 0.29) is 10.2 Å². The lowest BCUT2D eigenvalue weighted by atomic mass is 10.1. The van der Waals surface area contributed by atoms with Gasteiger partial charge in [0.05, 0.1) is 5.56 Å². The minimum atomic E-state index is -4.49. The van der Waals surface area contributed by atoms with Crippen LogP contribution in [0.15, 0.2) is 51.4 Å². The molecule has 0 aromatic heterocycles. The minimum Gasteiger partial charge on any atom is -0.322 e. The van der Waals surface area contributed by atoms with Gasteiger partial charge in [-0.3, -0.25) is 4.79 Å². The number of carbonyl (C=O) groups excluding carboxylic acids is 1. The molecule has 0 aliphatic carbocycles. The second-order valence-electron chi connectivity index (χ2n) is 4.16. The third-order valence-electron chi connectivity index (χ3n) is 2.62. The number of hydrogen-bond acceptors (Lipinski definition) is 1. The molecule has 0 radical (unpaired) electrons. The molecule has 0 aliphatic heterocycles. The van der Waals surface area contributed by atoms with E-state index >= 15 is 0 Å².